The van der Waals surface area contributed by atoms with Gasteiger partial charge in [0.15, 0.2) is 0 Å². The molecular formula is C25H35N9O5S. The number of rotatable bonds is 8. The number of fused-ring (bicyclic) bond motifs is 3. The number of nitrogens with two attached hydrogens (primary N) is 1. The van der Waals surface area contributed by atoms with Gasteiger partial charge in [-0.3, -0.25) is 14.4 Å². The summed E-state index contributed by atoms with van der Waals surface area (Å²) < 4.78 is 1.28. The predicted octanol–water partition coefficient (Wildman–Crippen LogP) is -1.39. The van der Waals surface area contributed by atoms with Crippen molar-refractivity contribution < 1.29 is 24.3 Å². The van der Waals surface area contributed by atoms with E-state index in [9.17, 15) is 24.3 Å². The number of carbonyl (C=O) groups is 4. The molecule has 3 saturated heterocycles. The maximum Gasteiger partial charge on any atom is 0.353 e. The Morgan fingerprint density at radius 3 is 2.65 bits per heavy atom. The Kier molecular flexibility index (Phi) is 7.07. The van der Waals surface area contributed by atoms with Gasteiger partial charge in [0.05, 0.1) is 18.0 Å². The highest BCUT2D eigenvalue weighted by atomic mass is 32.2. The molecule has 9 atom stereocenters. The molecular weight excluding hydrogens is 538 g/mol. The van der Waals surface area contributed by atoms with Gasteiger partial charge in [0.2, 0.25) is 17.7 Å². The monoisotopic (exact) mass is 573 g/mol. The second-order valence-corrected chi connectivity index (χ2v) is 13.1. The normalized spacial score (nSPS) is 35.5. The number of hydrogen-bond donors (Lipinski definition) is 4. The highest BCUT2D eigenvalue weighted by Crippen LogP contribution is 2.52. The van der Waals surface area contributed by atoms with Gasteiger partial charge in [-0.2, -0.15) is 0 Å². The molecule has 3 amide bonds. The van der Waals surface area contributed by atoms with Crippen LogP contribution in [0.4, 0.5) is 0 Å². The largest absolute Gasteiger partial charge is 0.477 e. The first-order valence-corrected chi connectivity index (χ1v) is 14.8. The van der Waals surface area contributed by atoms with Gasteiger partial charge in [0.1, 0.15) is 18.6 Å². The molecule has 5 aliphatic rings. The van der Waals surface area contributed by atoms with E-state index < -0.39 is 17.9 Å². The number of carboxylic acids is 1. The molecule has 40 heavy (non-hydrogen) atoms. The van der Waals surface area contributed by atoms with Crippen molar-refractivity contribution in [1.29, 1.82) is 0 Å². The summed E-state index contributed by atoms with van der Waals surface area (Å²) >= 11 is 1.46. The highest BCUT2D eigenvalue weighted by Gasteiger charge is 2.60. The molecule has 1 aromatic rings. The van der Waals surface area contributed by atoms with E-state index in [0.29, 0.717) is 42.8 Å². The molecule has 2 bridgehead atoms. The van der Waals surface area contributed by atoms with Crippen LogP contribution < -0.4 is 16.4 Å². The molecule has 4 fully saturated rings. The van der Waals surface area contributed by atoms with Gasteiger partial charge in [-0.05, 0) is 48.4 Å². The van der Waals surface area contributed by atoms with E-state index in [-0.39, 0.29) is 59.3 Å². The summed E-state index contributed by atoms with van der Waals surface area (Å²) in [6.07, 6.45) is 4.08. The Morgan fingerprint density at radius 2 is 2.00 bits per heavy atom. The molecule has 1 aliphatic carbocycles. The number of carboxylic acid groups (broad SMARTS) is 1. The van der Waals surface area contributed by atoms with E-state index in [4.69, 9.17) is 5.73 Å². The zero-order valence-electron chi connectivity index (χ0n) is 22.5. The smallest absolute Gasteiger partial charge is 0.353 e. The van der Waals surface area contributed by atoms with Crippen molar-refractivity contribution >= 4 is 35.5 Å². The molecule has 14 nitrogen and oxygen atoms in total. The first-order chi connectivity index (χ1) is 19.1. The number of aliphatic carboxylic acids is 1. The Hall–Kier alpha value is -3.04. The van der Waals surface area contributed by atoms with Crippen LogP contribution in [0.5, 0.6) is 0 Å². The lowest BCUT2D eigenvalue weighted by Gasteiger charge is -2.47. The van der Waals surface area contributed by atoms with Crippen LogP contribution in [0.15, 0.2) is 16.9 Å². The topological polar surface area (TPSA) is 189 Å². The van der Waals surface area contributed by atoms with Crippen LogP contribution >= 0.6 is 11.8 Å². The number of piperidine rings is 1. The molecule has 5 heterocycles. The standard InChI is InChI=1S/C25H35N9O5S/c1-11-20-18(12(2)29-17(35)9-33-10-28-30-31-33)24(37)34(20)21(25(38)39)22(11)40-15-5-16(27-6-15)23(36)32-7-13-3-4-14(8-32)19(13)26/h10-16,18-20,27H,3-9,26H2,1-2H3,(H,29,35)(H,38,39)/t11-,12-,13-,14+,15+,16+,18-,19+,20-/m1/s1. The third kappa shape index (κ3) is 4.57. The van der Waals surface area contributed by atoms with Gasteiger partial charge in [-0.15, -0.1) is 16.9 Å². The molecule has 1 aromatic heterocycles. The van der Waals surface area contributed by atoms with Crippen molar-refractivity contribution in [3.8, 4) is 0 Å². The highest BCUT2D eigenvalue weighted by molar-refractivity contribution is 8.03. The van der Waals surface area contributed by atoms with Crippen LogP contribution in [0.2, 0.25) is 0 Å². The quantitative estimate of drug-likeness (QED) is 0.268. The van der Waals surface area contributed by atoms with Crippen molar-refractivity contribution in [2.75, 3.05) is 19.6 Å². The number of aromatic nitrogens is 4. The number of nitrogens with one attached hydrogen (secondary N) is 2. The number of thioether (sulfide) groups is 1. The summed E-state index contributed by atoms with van der Waals surface area (Å²) in [6, 6.07) is -0.973. The van der Waals surface area contributed by atoms with Gasteiger partial charge >= 0.3 is 5.97 Å². The lowest BCUT2D eigenvalue weighted by atomic mass is 9.78. The van der Waals surface area contributed by atoms with E-state index >= 15 is 0 Å². The number of nitrogens with zero attached hydrogens (tertiary/aromatic N) is 6. The van der Waals surface area contributed by atoms with E-state index in [1.54, 1.807) is 6.92 Å². The zero-order chi connectivity index (χ0) is 28.3. The number of amides is 3. The Balaban J connectivity index is 1.09. The van der Waals surface area contributed by atoms with Gasteiger partial charge in [-0.25, -0.2) is 9.48 Å². The van der Waals surface area contributed by atoms with Crippen LogP contribution in [-0.2, 0) is 25.7 Å². The maximum absolute atomic E-state index is 13.3. The maximum atomic E-state index is 13.3. The van der Waals surface area contributed by atoms with Crippen LogP contribution in [0.25, 0.3) is 0 Å². The zero-order valence-corrected chi connectivity index (χ0v) is 23.3. The van der Waals surface area contributed by atoms with Gasteiger partial charge in [0, 0.05) is 47.8 Å². The van der Waals surface area contributed by atoms with Crippen LogP contribution in [0, 0.1) is 23.7 Å². The van der Waals surface area contributed by atoms with Crippen LogP contribution in [0.1, 0.15) is 33.1 Å². The molecule has 6 rings (SSSR count). The average molecular weight is 574 g/mol. The number of tetrazole rings is 1. The second-order valence-electron chi connectivity index (χ2n) is 11.7. The summed E-state index contributed by atoms with van der Waals surface area (Å²) in [7, 11) is 0. The molecule has 5 N–H and O–H groups in total. The lowest BCUT2D eigenvalue weighted by Crippen LogP contribution is -2.66. The molecule has 15 heteroatoms. The number of likely N-dealkylation sites (tertiary alicyclic amines) is 1. The van der Waals surface area contributed by atoms with Crippen molar-refractivity contribution in [2.45, 2.75) is 69.1 Å². The molecule has 216 valence electrons. The molecule has 0 unspecified atom stereocenters. The second kappa shape index (κ2) is 10.4. The van der Waals surface area contributed by atoms with E-state index in [2.05, 4.69) is 26.2 Å². The molecule has 4 aliphatic heterocycles. The van der Waals surface area contributed by atoms with E-state index in [1.165, 1.54) is 27.7 Å². The first kappa shape index (κ1) is 27.1. The summed E-state index contributed by atoms with van der Waals surface area (Å²) in [5.41, 5.74) is 6.33. The molecule has 0 spiro atoms. The third-order valence-corrected chi connectivity index (χ3v) is 10.8. The van der Waals surface area contributed by atoms with Crippen molar-refractivity contribution in [3.05, 3.63) is 16.9 Å². The minimum Gasteiger partial charge on any atom is -0.477 e. The van der Waals surface area contributed by atoms with Crippen LogP contribution in [-0.4, -0.2) is 108 Å². The number of β-lactam (4-membered cyclic amide) rings is 1. The summed E-state index contributed by atoms with van der Waals surface area (Å²) in [6.45, 7) is 5.61. The van der Waals surface area contributed by atoms with E-state index in [1.807, 2.05) is 11.8 Å². The molecule has 0 radical (unpaired) electrons. The fraction of sp³-hybridized carbons (Fsp3) is 0.720. The third-order valence-electron chi connectivity index (χ3n) is 9.32. The summed E-state index contributed by atoms with van der Waals surface area (Å²) in [4.78, 5) is 55.3. The minimum absolute atomic E-state index is 0.00480. The predicted molar refractivity (Wildman–Crippen MR) is 142 cm³/mol. The number of hydrogen-bond acceptors (Lipinski definition) is 10. The SMILES string of the molecule is C[C@@H](NC(=O)Cn1cnnn1)[C@H]1C(=O)N2C(C(=O)O)=C(S[C@@H]3CN[C@H](C(=O)N4C[C@H]5CC[C@@H](C4)[C@H]5N)C3)[C@H](C)[C@H]12. The van der Waals surface area contributed by atoms with Gasteiger partial charge in [-0.1, -0.05) is 6.92 Å². The fourth-order valence-electron chi connectivity index (χ4n) is 7.31. The number of carbonyl (C=O) groups excluding carboxylic acids is 3. The summed E-state index contributed by atoms with van der Waals surface area (Å²) in [5, 5.41) is 27.0. The van der Waals surface area contributed by atoms with Crippen molar-refractivity contribution in [3.63, 3.8) is 0 Å². The fourth-order valence-corrected chi connectivity index (χ4v) is 8.79. The van der Waals surface area contributed by atoms with Crippen molar-refractivity contribution in [2.24, 2.45) is 29.4 Å². The summed E-state index contributed by atoms with van der Waals surface area (Å²) in [5.74, 6) is -1.70. The average Bonchev–Trinajstić information content (AvgIpc) is 3.66. The Labute approximate surface area is 235 Å². The lowest BCUT2D eigenvalue weighted by molar-refractivity contribution is -0.158. The Bertz CT molecular complexity index is 1230. The van der Waals surface area contributed by atoms with Gasteiger partial charge < -0.3 is 31.3 Å². The van der Waals surface area contributed by atoms with Gasteiger partial charge in [0.25, 0.3) is 0 Å². The van der Waals surface area contributed by atoms with E-state index in [0.717, 1.165) is 12.8 Å². The molecule has 0 aromatic carbocycles. The first-order valence-electron chi connectivity index (χ1n) is 13.9. The van der Waals surface area contributed by atoms with Crippen molar-refractivity contribution in [1.82, 2.24) is 40.6 Å². The van der Waals surface area contributed by atoms with Crippen LogP contribution in [0.3, 0.4) is 0 Å². The molecule has 1 saturated carbocycles. The minimum atomic E-state index is -1.14. The Morgan fingerprint density at radius 1 is 1.27 bits per heavy atom.